The fourth-order valence-electron chi connectivity index (χ4n) is 1.95. The summed E-state index contributed by atoms with van der Waals surface area (Å²) in [6, 6.07) is 14.7. The van der Waals surface area contributed by atoms with E-state index in [1.165, 1.54) is 14.2 Å². The molecule has 2 aromatic rings. The number of rotatable bonds is 6. The minimum absolute atomic E-state index is 0.0437. The molecule has 0 aliphatic carbocycles. The summed E-state index contributed by atoms with van der Waals surface area (Å²) in [4.78, 5) is 16.7. The van der Waals surface area contributed by atoms with Gasteiger partial charge in [0.05, 0.1) is 12.7 Å². The van der Waals surface area contributed by atoms with Crippen LogP contribution in [-0.2, 0) is 19.7 Å². The van der Waals surface area contributed by atoms with E-state index in [4.69, 9.17) is 14.3 Å². The van der Waals surface area contributed by atoms with Crippen molar-refractivity contribution >= 4 is 27.6 Å². The van der Waals surface area contributed by atoms with Gasteiger partial charge in [-0.3, -0.25) is 0 Å². The highest BCUT2D eigenvalue weighted by Crippen LogP contribution is 2.27. The van der Waals surface area contributed by atoms with Crippen LogP contribution >= 0.6 is 15.9 Å². The first-order chi connectivity index (χ1) is 11.2. The van der Waals surface area contributed by atoms with Crippen molar-refractivity contribution in [2.75, 3.05) is 14.2 Å². The Balaban J connectivity index is 2.40. The summed E-state index contributed by atoms with van der Waals surface area (Å²) < 4.78 is 10.7. The largest absolute Gasteiger partial charge is 0.464 e. The molecule has 0 aliphatic heterocycles. The standard InChI is InChI=1S/C17H16BrNO4/c1-21-17(20)16(19-22-2)14-8-3-4-9-15(14)23-13-7-5-6-12(10-13)11-18/h3-10H,11H2,1-2H3. The average molecular weight is 378 g/mol. The third kappa shape index (κ3) is 4.32. The Morgan fingerprint density at radius 2 is 1.91 bits per heavy atom. The number of alkyl halides is 1. The van der Waals surface area contributed by atoms with Crippen molar-refractivity contribution in [3.63, 3.8) is 0 Å². The van der Waals surface area contributed by atoms with Crippen LogP contribution in [0.4, 0.5) is 0 Å². The van der Waals surface area contributed by atoms with Crippen molar-refractivity contribution in [2.45, 2.75) is 5.33 Å². The number of benzene rings is 2. The van der Waals surface area contributed by atoms with Gasteiger partial charge in [0.1, 0.15) is 18.6 Å². The molecule has 120 valence electrons. The molecule has 0 amide bonds. The molecular formula is C17H16BrNO4. The fraction of sp³-hybridized carbons (Fsp3) is 0.176. The van der Waals surface area contributed by atoms with Crippen LogP contribution in [-0.4, -0.2) is 25.9 Å². The molecule has 0 aromatic heterocycles. The van der Waals surface area contributed by atoms with E-state index in [1.54, 1.807) is 18.2 Å². The topological polar surface area (TPSA) is 57.1 Å². The zero-order valence-corrected chi connectivity index (χ0v) is 14.4. The van der Waals surface area contributed by atoms with Crippen LogP contribution in [0.25, 0.3) is 0 Å². The third-order valence-corrected chi connectivity index (χ3v) is 3.63. The molecule has 2 rings (SSSR count). The highest BCUT2D eigenvalue weighted by molar-refractivity contribution is 9.08. The van der Waals surface area contributed by atoms with Gasteiger partial charge in [-0.25, -0.2) is 4.79 Å². The van der Waals surface area contributed by atoms with Gasteiger partial charge in [0.15, 0.2) is 5.71 Å². The van der Waals surface area contributed by atoms with Crippen molar-refractivity contribution in [1.82, 2.24) is 0 Å². The summed E-state index contributed by atoms with van der Waals surface area (Å²) in [5, 5.41) is 4.48. The van der Waals surface area contributed by atoms with E-state index < -0.39 is 5.97 Å². The van der Waals surface area contributed by atoms with Crippen LogP contribution in [0, 0.1) is 0 Å². The number of methoxy groups -OCH3 is 1. The number of halogens is 1. The second-order valence-corrected chi connectivity index (χ2v) is 5.05. The van der Waals surface area contributed by atoms with Crippen LogP contribution in [0.3, 0.4) is 0 Å². The van der Waals surface area contributed by atoms with Gasteiger partial charge in [0, 0.05) is 5.33 Å². The second-order valence-electron chi connectivity index (χ2n) is 4.49. The Bertz CT molecular complexity index is 715. The fourth-order valence-corrected chi connectivity index (χ4v) is 2.30. The molecule has 6 heteroatoms. The number of hydrogen-bond acceptors (Lipinski definition) is 5. The van der Waals surface area contributed by atoms with Crippen molar-refractivity contribution in [1.29, 1.82) is 0 Å². The molecule has 0 atom stereocenters. The van der Waals surface area contributed by atoms with Gasteiger partial charge < -0.3 is 14.3 Å². The summed E-state index contributed by atoms with van der Waals surface area (Å²) in [5.74, 6) is 0.550. The zero-order valence-electron chi connectivity index (χ0n) is 12.8. The van der Waals surface area contributed by atoms with E-state index >= 15 is 0 Å². The van der Waals surface area contributed by atoms with Crippen LogP contribution in [0.1, 0.15) is 11.1 Å². The molecule has 0 N–H and O–H groups in total. The summed E-state index contributed by atoms with van der Waals surface area (Å²) >= 11 is 3.41. The van der Waals surface area contributed by atoms with E-state index in [1.807, 2.05) is 30.3 Å². The quantitative estimate of drug-likeness (QED) is 0.331. The van der Waals surface area contributed by atoms with Crippen molar-refractivity contribution in [3.8, 4) is 11.5 Å². The average Bonchev–Trinajstić information content (AvgIpc) is 2.60. The molecule has 0 unspecified atom stereocenters. The SMILES string of the molecule is CON=C(C(=O)OC)c1ccccc1Oc1cccc(CBr)c1. The molecule has 0 heterocycles. The number of para-hydroxylation sites is 1. The Kier molecular flexibility index (Phi) is 6.17. The first-order valence-corrected chi connectivity index (χ1v) is 7.93. The molecule has 2 aromatic carbocycles. The van der Waals surface area contributed by atoms with Crippen LogP contribution in [0.15, 0.2) is 53.7 Å². The van der Waals surface area contributed by atoms with Gasteiger partial charge in [-0.1, -0.05) is 45.4 Å². The monoisotopic (exact) mass is 377 g/mol. The first-order valence-electron chi connectivity index (χ1n) is 6.81. The second kappa shape index (κ2) is 8.33. The summed E-state index contributed by atoms with van der Waals surface area (Å²) in [5.41, 5.74) is 1.62. The Morgan fingerprint density at radius 1 is 1.13 bits per heavy atom. The lowest BCUT2D eigenvalue weighted by atomic mass is 10.1. The molecule has 23 heavy (non-hydrogen) atoms. The Hall–Kier alpha value is -2.34. The molecule has 0 fully saturated rings. The number of oxime groups is 1. The smallest absolute Gasteiger partial charge is 0.360 e. The van der Waals surface area contributed by atoms with E-state index in [0.717, 1.165) is 10.9 Å². The molecule has 0 saturated heterocycles. The Morgan fingerprint density at radius 3 is 2.61 bits per heavy atom. The van der Waals surface area contributed by atoms with Gasteiger partial charge in [-0.05, 0) is 29.8 Å². The summed E-state index contributed by atoms with van der Waals surface area (Å²) in [6.45, 7) is 0. The number of nitrogens with zero attached hydrogens (tertiary/aromatic N) is 1. The minimum Gasteiger partial charge on any atom is -0.464 e. The maximum Gasteiger partial charge on any atom is 0.360 e. The Labute approximate surface area is 143 Å². The molecule has 0 aliphatic rings. The van der Waals surface area contributed by atoms with Gasteiger partial charge in [0.25, 0.3) is 0 Å². The number of carbonyl (C=O) groups excluding carboxylic acids is 1. The van der Waals surface area contributed by atoms with Crippen molar-refractivity contribution < 1.29 is 19.1 Å². The van der Waals surface area contributed by atoms with Crippen molar-refractivity contribution in [3.05, 3.63) is 59.7 Å². The van der Waals surface area contributed by atoms with Crippen LogP contribution in [0.5, 0.6) is 11.5 Å². The van der Waals surface area contributed by atoms with E-state index in [-0.39, 0.29) is 5.71 Å². The molecule has 0 saturated carbocycles. The molecule has 0 radical (unpaired) electrons. The summed E-state index contributed by atoms with van der Waals surface area (Å²) in [6.07, 6.45) is 0. The molecule has 0 bridgehead atoms. The molecule has 0 spiro atoms. The zero-order chi connectivity index (χ0) is 16.7. The molecule has 5 nitrogen and oxygen atoms in total. The third-order valence-electron chi connectivity index (χ3n) is 2.98. The number of ether oxygens (including phenoxy) is 2. The van der Waals surface area contributed by atoms with Crippen molar-refractivity contribution in [2.24, 2.45) is 5.16 Å². The number of carbonyl (C=O) groups is 1. The lowest BCUT2D eigenvalue weighted by Crippen LogP contribution is -2.18. The van der Waals surface area contributed by atoms with Gasteiger partial charge >= 0.3 is 5.97 Å². The summed E-state index contributed by atoms with van der Waals surface area (Å²) in [7, 11) is 2.66. The van der Waals surface area contributed by atoms with E-state index in [0.29, 0.717) is 17.1 Å². The predicted molar refractivity (Wildman–Crippen MR) is 91.2 cm³/mol. The van der Waals surface area contributed by atoms with Gasteiger partial charge in [0.2, 0.25) is 0 Å². The van der Waals surface area contributed by atoms with Crippen LogP contribution < -0.4 is 4.74 Å². The normalized spacial score (nSPS) is 11.0. The first kappa shape index (κ1) is 17.0. The number of esters is 1. The lowest BCUT2D eigenvalue weighted by molar-refractivity contribution is -0.132. The maximum absolute atomic E-state index is 11.9. The highest BCUT2D eigenvalue weighted by Gasteiger charge is 2.20. The van der Waals surface area contributed by atoms with E-state index in [2.05, 4.69) is 21.1 Å². The predicted octanol–water partition coefficient (Wildman–Crippen LogP) is 3.90. The highest BCUT2D eigenvalue weighted by atomic mass is 79.9. The lowest BCUT2D eigenvalue weighted by Gasteiger charge is -2.12. The van der Waals surface area contributed by atoms with Gasteiger partial charge in [-0.2, -0.15) is 0 Å². The van der Waals surface area contributed by atoms with E-state index in [9.17, 15) is 4.79 Å². The molecular weight excluding hydrogens is 362 g/mol. The minimum atomic E-state index is -0.600. The number of hydrogen-bond donors (Lipinski definition) is 0. The van der Waals surface area contributed by atoms with Crippen LogP contribution in [0.2, 0.25) is 0 Å². The maximum atomic E-state index is 11.9. The van der Waals surface area contributed by atoms with Gasteiger partial charge in [-0.15, -0.1) is 0 Å².